The van der Waals surface area contributed by atoms with Crippen LogP contribution in [0, 0.1) is 11.8 Å². The number of para-hydroxylation sites is 1. The number of esters is 1. The molecule has 1 aliphatic rings. The van der Waals surface area contributed by atoms with E-state index >= 15 is 0 Å². The Morgan fingerprint density at radius 1 is 0.867 bits per heavy atom. The summed E-state index contributed by atoms with van der Waals surface area (Å²) >= 11 is 0. The first-order valence-electron chi connectivity index (χ1n) is 14.5. The molecule has 7 nitrogen and oxygen atoms in total. The van der Waals surface area contributed by atoms with Crippen LogP contribution < -0.4 is 10.2 Å². The summed E-state index contributed by atoms with van der Waals surface area (Å²) in [4.78, 5) is 46.6. The molecule has 45 heavy (non-hydrogen) atoms. The molecule has 2 aromatic carbocycles. The number of rotatable bonds is 11. The molecule has 2 amide bonds. The molecule has 0 saturated heterocycles. The molecule has 3 atom stereocenters. The van der Waals surface area contributed by atoms with Gasteiger partial charge in [0.2, 0.25) is 12.1 Å². The van der Waals surface area contributed by atoms with E-state index in [-0.39, 0.29) is 0 Å². The molecule has 1 aliphatic heterocycles. The van der Waals surface area contributed by atoms with Crippen molar-refractivity contribution in [2.75, 3.05) is 11.9 Å². The maximum atomic E-state index is 13.9. The molecule has 0 fully saturated rings. The fourth-order valence-electron chi connectivity index (χ4n) is 5.10. The summed E-state index contributed by atoms with van der Waals surface area (Å²) in [5.74, 6) is -5.71. The zero-order chi connectivity index (χ0) is 33.6. The average molecular weight is 642 g/mol. The summed E-state index contributed by atoms with van der Waals surface area (Å²) in [5, 5.41) is 2.50. The monoisotopic (exact) mass is 641 g/mol. The van der Waals surface area contributed by atoms with Crippen LogP contribution in [0.25, 0.3) is 0 Å². The highest BCUT2D eigenvalue weighted by atomic mass is 19.4. The highest BCUT2D eigenvalue weighted by Gasteiger charge is 2.40. The Hall–Kier alpha value is -3.90. The number of benzodiazepines with no additional fused rings is 1. The Labute approximate surface area is 258 Å². The number of hydrogen-bond acceptors (Lipinski definition) is 5. The Kier molecular flexibility index (Phi) is 11.4. The topological polar surface area (TPSA) is 88.1 Å². The number of anilines is 1. The van der Waals surface area contributed by atoms with E-state index in [0.29, 0.717) is 22.5 Å². The molecule has 0 bridgehead atoms. The number of aliphatic imine (C=N–C) groups is 1. The third kappa shape index (κ3) is 10.6. The van der Waals surface area contributed by atoms with Crippen LogP contribution in [0.4, 0.5) is 32.0 Å². The molecule has 0 spiro atoms. The molecule has 0 radical (unpaired) electrons. The van der Waals surface area contributed by atoms with E-state index in [0.717, 1.165) is 0 Å². The Morgan fingerprint density at radius 2 is 1.40 bits per heavy atom. The highest BCUT2D eigenvalue weighted by molar-refractivity contribution is 6.20. The second kappa shape index (κ2) is 14.5. The van der Waals surface area contributed by atoms with Crippen LogP contribution >= 0.6 is 0 Å². The van der Waals surface area contributed by atoms with Gasteiger partial charge in [0.15, 0.2) is 0 Å². The lowest BCUT2D eigenvalue weighted by atomic mass is 9.83. The summed E-state index contributed by atoms with van der Waals surface area (Å²) in [5.41, 5.74) is 0.955. The lowest BCUT2D eigenvalue weighted by Crippen LogP contribution is -2.50. The number of ether oxygens (including phenoxy) is 1. The summed E-state index contributed by atoms with van der Waals surface area (Å²) in [6.07, 6.45) is -15.3. The predicted molar refractivity (Wildman–Crippen MR) is 157 cm³/mol. The van der Waals surface area contributed by atoms with Crippen molar-refractivity contribution in [2.24, 2.45) is 16.8 Å². The number of fused-ring (bicyclic) bond motifs is 1. The Bertz CT molecular complexity index is 1370. The minimum atomic E-state index is -4.57. The number of nitrogens with zero attached hydrogens (tertiary/aromatic N) is 2. The van der Waals surface area contributed by atoms with E-state index in [2.05, 4.69) is 10.3 Å². The first-order chi connectivity index (χ1) is 20.9. The van der Waals surface area contributed by atoms with E-state index in [1.54, 1.807) is 54.6 Å². The first-order valence-corrected chi connectivity index (χ1v) is 14.5. The lowest BCUT2D eigenvalue weighted by molar-refractivity contribution is -0.166. The molecule has 1 N–H and O–H groups in total. The summed E-state index contributed by atoms with van der Waals surface area (Å²) < 4.78 is 83.7. The van der Waals surface area contributed by atoms with Crippen molar-refractivity contribution >= 4 is 29.2 Å². The number of carbonyl (C=O) groups is 3. The van der Waals surface area contributed by atoms with E-state index in [4.69, 9.17) is 4.74 Å². The fourth-order valence-corrected chi connectivity index (χ4v) is 5.10. The zero-order valence-corrected chi connectivity index (χ0v) is 25.5. The molecular formula is C32H37F6N3O4. The van der Waals surface area contributed by atoms with Gasteiger partial charge in [0, 0.05) is 31.0 Å². The Morgan fingerprint density at radius 3 is 1.96 bits per heavy atom. The number of amides is 2. The van der Waals surface area contributed by atoms with Crippen LogP contribution in [-0.4, -0.2) is 54.7 Å². The fraction of sp³-hybridized carbons (Fsp3) is 0.500. The molecule has 3 rings (SSSR count). The highest BCUT2D eigenvalue weighted by Crippen LogP contribution is 2.33. The third-order valence-electron chi connectivity index (χ3n) is 7.15. The molecule has 1 heterocycles. The molecule has 0 saturated carbocycles. The standard InChI is InChI=1S/C32H37F6N3O4/c1-30(2,3)45-29(44)22(16-11-19-32(36,37)38)21(15-10-18-31(33,34)35)27(42)40-26-28(43)41(4)24-17-9-8-14-23(24)25(39-26)20-12-6-5-7-13-20/h5-9,12-14,17,21-22,26H,10-11,15-16,18-19H2,1-4H3,(H,40,42). The van der Waals surface area contributed by atoms with Crippen LogP contribution in [0.5, 0.6) is 0 Å². The number of alkyl halides is 6. The third-order valence-corrected chi connectivity index (χ3v) is 7.15. The number of likely N-dealkylation sites (N-methyl/N-ethyl adjacent to an activating group) is 1. The van der Waals surface area contributed by atoms with Crippen molar-refractivity contribution in [2.45, 2.75) is 83.4 Å². The van der Waals surface area contributed by atoms with Crippen LogP contribution in [0.3, 0.4) is 0 Å². The molecule has 2 aromatic rings. The van der Waals surface area contributed by atoms with Crippen LogP contribution in [0.15, 0.2) is 59.6 Å². The molecule has 246 valence electrons. The number of carbonyl (C=O) groups excluding carboxylic acids is 3. The van der Waals surface area contributed by atoms with Gasteiger partial charge in [0.05, 0.1) is 23.2 Å². The second-order valence-electron chi connectivity index (χ2n) is 11.9. The van der Waals surface area contributed by atoms with Crippen molar-refractivity contribution in [1.82, 2.24) is 5.32 Å². The van der Waals surface area contributed by atoms with E-state index in [1.807, 2.05) is 0 Å². The summed E-state index contributed by atoms with van der Waals surface area (Å²) in [6.45, 7) is 4.57. The van der Waals surface area contributed by atoms with Gasteiger partial charge in [-0.05, 0) is 52.5 Å². The maximum absolute atomic E-state index is 13.9. The van der Waals surface area contributed by atoms with E-state index < -0.39 is 92.3 Å². The number of halogens is 6. The number of hydrogen-bond donors (Lipinski definition) is 1. The molecule has 3 unspecified atom stereocenters. The van der Waals surface area contributed by atoms with Gasteiger partial charge in [0.25, 0.3) is 5.91 Å². The number of benzene rings is 2. The SMILES string of the molecule is CN1C(=O)C(NC(=O)C(CCCC(F)(F)F)C(CCCC(F)(F)F)C(=O)OC(C)(C)C)N=C(c2ccccc2)c2ccccc21. The van der Waals surface area contributed by atoms with Crippen LogP contribution in [0.1, 0.15) is 70.4 Å². The van der Waals surface area contributed by atoms with Gasteiger partial charge >= 0.3 is 18.3 Å². The van der Waals surface area contributed by atoms with E-state index in [1.165, 1.54) is 32.7 Å². The first kappa shape index (κ1) is 35.6. The van der Waals surface area contributed by atoms with Gasteiger partial charge in [-0.1, -0.05) is 48.5 Å². The summed E-state index contributed by atoms with van der Waals surface area (Å²) in [6, 6.07) is 15.7. The van der Waals surface area contributed by atoms with Gasteiger partial charge in [-0.15, -0.1) is 0 Å². The molecule has 0 aromatic heterocycles. The van der Waals surface area contributed by atoms with Crippen molar-refractivity contribution in [3.05, 3.63) is 65.7 Å². The second-order valence-corrected chi connectivity index (χ2v) is 11.9. The normalized spacial score (nSPS) is 17.1. The van der Waals surface area contributed by atoms with Crippen LogP contribution in [-0.2, 0) is 19.1 Å². The van der Waals surface area contributed by atoms with Gasteiger partial charge < -0.3 is 15.0 Å². The van der Waals surface area contributed by atoms with Gasteiger partial charge in [-0.3, -0.25) is 14.4 Å². The zero-order valence-electron chi connectivity index (χ0n) is 25.5. The van der Waals surface area contributed by atoms with Gasteiger partial charge in [0.1, 0.15) is 5.60 Å². The van der Waals surface area contributed by atoms with Crippen molar-refractivity contribution in [3.8, 4) is 0 Å². The van der Waals surface area contributed by atoms with Gasteiger partial charge in [-0.2, -0.15) is 26.3 Å². The number of nitrogens with one attached hydrogen (secondary N) is 1. The smallest absolute Gasteiger partial charge is 0.389 e. The quantitative estimate of drug-likeness (QED) is 0.212. The largest absolute Gasteiger partial charge is 0.460 e. The lowest BCUT2D eigenvalue weighted by Gasteiger charge is -2.30. The van der Waals surface area contributed by atoms with E-state index in [9.17, 15) is 40.7 Å². The predicted octanol–water partition coefficient (Wildman–Crippen LogP) is 6.98. The maximum Gasteiger partial charge on any atom is 0.389 e. The molecule has 0 aliphatic carbocycles. The van der Waals surface area contributed by atoms with Crippen molar-refractivity contribution in [3.63, 3.8) is 0 Å². The molecular weight excluding hydrogens is 604 g/mol. The Balaban J connectivity index is 2.02. The van der Waals surface area contributed by atoms with Crippen LogP contribution in [0.2, 0.25) is 0 Å². The minimum absolute atomic E-state index is 0.358. The van der Waals surface area contributed by atoms with Crippen molar-refractivity contribution < 1.29 is 45.5 Å². The van der Waals surface area contributed by atoms with Gasteiger partial charge in [-0.25, -0.2) is 4.99 Å². The minimum Gasteiger partial charge on any atom is -0.460 e. The molecule has 13 heteroatoms. The summed E-state index contributed by atoms with van der Waals surface area (Å²) in [7, 11) is 1.48. The van der Waals surface area contributed by atoms with Crippen molar-refractivity contribution in [1.29, 1.82) is 0 Å². The average Bonchev–Trinajstić information content (AvgIpc) is 3.03.